The van der Waals surface area contributed by atoms with Gasteiger partial charge in [-0.2, -0.15) is 0 Å². The van der Waals surface area contributed by atoms with Crippen LogP contribution in [0.4, 0.5) is 0 Å². The average molecular weight is 218 g/mol. The first kappa shape index (κ1) is 12.9. The summed E-state index contributed by atoms with van der Waals surface area (Å²) < 4.78 is 0. The third-order valence-corrected chi connectivity index (χ3v) is 2.27. The molecule has 1 aliphatic heterocycles. The van der Waals surface area contributed by atoms with E-state index in [1.54, 1.807) is 0 Å². The highest BCUT2D eigenvalue weighted by molar-refractivity contribution is 5.12. The van der Waals surface area contributed by atoms with Crippen molar-refractivity contribution in [3.63, 3.8) is 0 Å². The van der Waals surface area contributed by atoms with Crippen LogP contribution in [-0.2, 0) is 0 Å². The highest BCUT2D eigenvalue weighted by atomic mass is 15.0. The minimum absolute atomic E-state index is 1.14. The Balaban J connectivity index is 0.000000121. The fraction of sp³-hybridized carbons (Fsp3) is 0.429. The zero-order valence-corrected chi connectivity index (χ0v) is 9.86. The summed E-state index contributed by atoms with van der Waals surface area (Å²) in [7, 11) is 0. The third-order valence-electron chi connectivity index (χ3n) is 2.27. The van der Waals surface area contributed by atoms with Crippen LogP contribution < -0.4 is 10.6 Å². The van der Waals surface area contributed by atoms with E-state index in [9.17, 15) is 0 Å². The molecule has 3 rings (SSSR count). The lowest BCUT2D eigenvalue weighted by Gasteiger charge is -2.11. The van der Waals surface area contributed by atoms with Crippen LogP contribution in [0.2, 0.25) is 0 Å². The van der Waals surface area contributed by atoms with Gasteiger partial charge in [0.2, 0.25) is 0 Å². The Morgan fingerprint density at radius 1 is 0.500 bits per heavy atom. The molecule has 0 bridgehead atoms. The first-order chi connectivity index (χ1) is 8.00. The molecule has 0 spiro atoms. The van der Waals surface area contributed by atoms with Gasteiger partial charge in [-0.15, -0.1) is 0 Å². The van der Waals surface area contributed by atoms with Crippen LogP contribution in [0.3, 0.4) is 0 Å². The van der Waals surface area contributed by atoms with Crippen LogP contribution in [-0.4, -0.2) is 26.2 Å². The zero-order valence-electron chi connectivity index (χ0n) is 9.86. The highest BCUT2D eigenvalue weighted by Gasteiger charge is 1.91. The van der Waals surface area contributed by atoms with Crippen molar-refractivity contribution < 1.29 is 0 Å². The van der Waals surface area contributed by atoms with Crippen LogP contribution in [0.15, 0.2) is 48.6 Å². The van der Waals surface area contributed by atoms with Gasteiger partial charge in [-0.3, -0.25) is 0 Å². The molecule has 0 unspecified atom stereocenters. The van der Waals surface area contributed by atoms with E-state index in [-0.39, 0.29) is 0 Å². The molecule has 0 radical (unpaired) electrons. The summed E-state index contributed by atoms with van der Waals surface area (Å²) in [5, 5.41) is 6.44. The van der Waals surface area contributed by atoms with Crippen molar-refractivity contribution in [1.82, 2.24) is 10.6 Å². The molecule has 0 amide bonds. The second-order valence-electron chi connectivity index (χ2n) is 3.68. The first-order valence-corrected chi connectivity index (χ1v) is 6.05. The van der Waals surface area contributed by atoms with Gasteiger partial charge >= 0.3 is 0 Å². The van der Waals surface area contributed by atoms with E-state index in [4.69, 9.17) is 0 Å². The van der Waals surface area contributed by atoms with E-state index in [2.05, 4.69) is 59.2 Å². The molecule has 1 fully saturated rings. The molecular formula is C14H22N2. The molecule has 1 saturated heterocycles. The zero-order chi connectivity index (χ0) is 11.3. The van der Waals surface area contributed by atoms with Crippen LogP contribution in [0, 0.1) is 0 Å². The maximum Gasteiger partial charge on any atom is 0.00772 e. The Morgan fingerprint density at radius 3 is 0.938 bits per heavy atom. The molecule has 2 nitrogen and oxygen atoms in total. The van der Waals surface area contributed by atoms with Crippen molar-refractivity contribution in [1.29, 1.82) is 0 Å². The molecular weight excluding hydrogens is 196 g/mol. The quantitative estimate of drug-likeness (QED) is 0.651. The fourth-order valence-corrected chi connectivity index (χ4v) is 1.39. The van der Waals surface area contributed by atoms with Gasteiger partial charge in [0, 0.05) is 26.2 Å². The van der Waals surface area contributed by atoms with Crippen molar-refractivity contribution in [2.75, 3.05) is 26.2 Å². The van der Waals surface area contributed by atoms with E-state index in [0.717, 1.165) is 39.0 Å². The number of hydrogen-bond donors (Lipinski definition) is 2. The summed E-state index contributed by atoms with van der Waals surface area (Å²) in [6.07, 6.45) is 19.0. The number of rotatable bonds is 0. The summed E-state index contributed by atoms with van der Waals surface area (Å²) in [4.78, 5) is 0. The van der Waals surface area contributed by atoms with E-state index in [1.807, 2.05) is 0 Å². The normalized spacial score (nSPS) is 20.0. The van der Waals surface area contributed by atoms with Gasteiger partial charge < -0.3 is 10.6 Å². The summed E-state index contributed by atoms with van der Waals surface area (Å²) in [5.74, 6) is 0. The molecule has 0 aromatic carbocycles. The van der Waals surface area contributed by atoms with Gasteiger partial charge in [-0.05, 0) is 12.8 Å². The molecule has 2 aliphatic carbocycles. The SMILES string of the molecule is C1=CCC=C1.C1=CCC=C1.C1CNCCN1. The Labute approximate surface area is 98.8 Å². The number of allylic oxidation sites excluding steroid dienone is 8. The largest absolute Gasteiger partial charge is 0.314 e. The predicted octanol–water partition coefficient (Wildman–Crippen LogP) is 2.18. The topological polar surface area (TPSA) is 24.1 Å². The lowest BCUT2D eigenvalue weighted by Crippen LogP contribution is -2.39. The van der Waals surface area contributed by atoms with Crippen molar-refractivity contribution in [2.45, 2.75) is 12.8 Å². The molecule has 16 heavy (non-hydrogen) atoms. The minimum atomic E-state index is 1.14. The number of hydrogen-bond acceptors (Lipinski definition) is 2. The van der Waals surface area contributed by atoms with Crippen LogP contribution in [0.5, 0.6) is 0 Å². The lowest BCUT2D eigenvalue weighted by atomic mass is 10.4. The Hall–Kier alpha value is -1.12. The van der Waals surface area contributed by atoms with Gasteiger partial charge in [-0.1, -0.05) is 48.6 Å². The Morgan fingerprint density at radius 2 is 0.812 bits per heavy atom. The van der Waals surface area contributed by atoms with Gasteiger partial charge in [0.15, 0.2) is 0 Å². The van der Waals surface area contributed by atoms with Gasteiger partial charge in [0.25, 0.3) is 0 Å². The lowest BCUT2D eigenvalue weighted by molar-refractivity contribution is 0.534. The summed E-state index contributed by atoms with van der Waals surface area (Å²) in [6, 6.07) is 0. The van der Waals surface area contributed by atoms with Crippen LogP contribution in [0.1, 0.15) is 12.8 Å². The first-order valence-electron chi connectivity index (χ1n) is 6.05. The standard InChI is InChI=1S/2C5H6.C4H10N2/c2*1-2-4-5-3-1;1-2-6-4-3-5-1/h2*1-4H,5H2;5-6H,1-4H2. The van der Waals surface area contributed by atoms with Gasteiger partial charge in [0.1, 0.15) is 0 Å². The minimum Gasteiger partial charge on any atom is -0.314 e. The third kappa shape index (κ3) is 8.21. The fourth-order valence-electron chi connectivity index (χ4n) is 1.39. The second kappa shape index (κ2) is 10.4. The molecule has 3 aliphatic rings. The molecule has 2 heteroatoms. The highest BCUT2D eigenvalue weighted by Crippen LogP contribution is 1.93. The summed E-state index contributed by atoms with van der Waals surface area (Å²) in [6.45, 7) is 4.56. The van der Waals surface area contributed by atoms with E-state index in [1.165, 1.54) is 0 Å². The van der Waals surface area contributed by atoms with Crippen molar-refractivity contribution >= 4 is 0 Å². The van der Waals surface area contributed by atoms with E-state index >= 15 is 0 Å². The maximum absolute atomic E-state index is 3.22. The van der Waals surface area contributed by atoms with E-state index < -0.39 is 0 Å². The Bertz CT molecular complexity index is 204. The number of piperazine rings is 1. The summed E-state index contributed by atoms with van der Waals surface area (Å²) in [5.41, 5.74) is 0. The van der Waals surface area contributed by atoms with Crippen molar-refractivity contribution in [3.8, 4) is 0 Å². The molecule has 0 atom stereocenters. The smallest absolute Gasteiger partial charge is 0.00772 e. The van der Waals surface area contributed by atoms with Gasteiger partial charge in [0.05, 0.1) is 0 Å². The van der Waals surface area contributed by atoms with Crippen molar-refractivity contribution in [2.24, 2.45) is 0 Å². The van der Waals surface area contributed by atoms with Crippen molar-refractivity contribution in [3.05, 3.63) is 48.6 Å². The number of nitrogens with one attached hydrogen (secondary N) is 2. The van der Waals surface area contributed by atoms with Crippen LogP contribution >= 0.6 is 0 Å². The van der Waals surface area contributed by atoms with Gasteiger partial charge in [-0.25, -0.2) is 0 Å². The Kier molecular flexibility index (Phi) is 8.42. The van der Waals surface area contributed by atoms with Crippen LogP contribution in [0.25, 0.3) is 0 Å². The molecule has 0 aromatic rings. The molecule has 1 heterocycles. The molecule has 2 N–H and O–H groups in total. The predicted molar refractivity (Wildman–Crippen MR) is 71.5 cm³/mol. The monoisotopic (exact) mass is 218 g/mol. The maximum atomic E-state index is 3.22. The molecule has 0 saturated carbocycles. The molecule has 0 aromatic heterocycles. The second-order valence-corrected chi connectivity index (χ2v) is 3.68. The van der Waals surface area contributed by atoms with E-state index in [0.29, 0.717) is 0 Å². The average Bonchev–Trinajstić information content (AvgIpc) is 3.10. The summed E-state index contributed by atoms with van der Waals surface area (Å²) >= 11 is 0. The molecule has 88 valence electrons.